The Morgan fingerprint density at radius 2 is 1.76 bits per heavy atom. The first-order chi connectivity index (χ1) is 16.0. The van der Waals surface area contributed by atoms with Gasteiger partial charge >= 0.3 is 0 Å². The molecular weight excluding hydrogens is 462 g/mol. The second-order valence-electron chi connectivity index (χ2n) is 7.68. The minimum absolute atomic E-state index is 0.127. The fraction of sp³-hybridized carbons (Fsp3) is 0.318. The van der Waals surface area contributed by atoms with Crippen molar-refractivity contribution in [2.45, 2.75) is 16.6 Å². The number of carbonyl (C=O) groups excluding carboxylic acids is 1. The first-order valence-electron chi connectivity index (χ1n) is 10.6. The highest BCUT2D eigenvalue weighted by atomic mass is 32.2. The van der Waals surface area contributed by atoms with Crippen molar-refractivity contribution in [3.8, 4) is 0 Å². The molecule has 9 nitrogen and oxygen atoms in total. The standard InChI is InChI=1S/C22H23N5O4S2/c28-20(17-5-4-8-19(15-17)33(29,30)25-11-13-31-14-12-25)16-32-22-24-23-21-26(9-10-27(21)22)18-6-2-1-3-7-18/h1-8,15H,9-14,16H2. The van der Waals surface area contributed by atoms with Gasteiger partial charge in [0.15, 0.2) is 10.9 Å². The minimum atomic E-state index is -3.65. The zero-order valence-corrected chi connectivity index (χ0v) is 19.5. The van der Waals surface area contributed by atoms with Crippen LogP contribution >= 0.6 is 11.8 Å². The molecule has 3 heterocycles. The molecule has 11 heteroatoms. The van der Waals surface area contributed by atoms with Gasteiger partial charge in [0.25, 0.3) is 0 Å². The van der Waals surface area contributed by atoms with Crippen LogP contribution in [0.15, 0.2) is 64.6 Å². The smallest absolute Gasteiger partial charge is 0.243 e. The Hall–Kier alpha value is -2.73. The zero-order valence-electron chi connectivity index (χ0n) is 17.8. The quantitative estimate of drug-likeness (QED) is 0.372. The predicted octanol–water partition coefficient (Wildman–Crippen LogP) is 2.43. The number of Topliss-reactive ketones (excluding diaryl/α,β-unsaturated/α-hetero) is 1. The van der Waals surface area contributed by atoms with Crippen molar-refractivity contribution in [3.63, 3.8) is 0 Å². The van der Waals surface area contributed by atoms with Crippen LogP contribution in [0.4, 0.5) is 11.6 Å². The number of sulfonamides is 1. The molecule has 0 aliphatic carbocycles. The van der Waals surface area contributed by atoms with E-state index < -0.39 is 10.0 Å². The van der Waals surface area contributed by atoms with Gasteiger partial charge in [-0.15, -0.1) is 10.2 Å². The summed E-state index contributed by atoms with van der Waals surface area (Å²) in [5, 5.41) is 9.25. The lowest BCUT2D eigenvalue weighted by Crippen LogP contribution is -2.40. The number of hydrogen-bond donors (Lipinski definition) is 0. The van der Waals surface area contributed by atoms with Gasteiger partial charge in [-0.3, -0.25) is 9.36 Å². The lowest BCUT2D eigenvalue weighted by Gasteiger charge is -2.26. The predicted molar refractivity (Wildman–Crippen MR) is 125 cm³/mol. The van der Waals surface area contributed by atoms with Crippen LogP contribution in [0.1, 0.15) is 10.4 Å². The average molecular weight is 486 g/mol. The lowest BCUT2D eigenvalue weighted by molar-refractivity contribution is 0.0730. The minimum Gasteiger partial charge on any atom is -0.379 e. The van der Waals surface area contributed by atoms with E-state index in [4.69, 9.17) is 4.74 Å². The number of para-hydroxylation sites is 1. The number of anilines is 2. The van der Waals surface area contributed by atoms with Crippen LogP contribution in [-0.2, 0) is 21.3 Å². The van der Waals surface area contributed by atoms with Crippen LogP contribution in [0.2, 0.25) is 0 Å². The molecule has 0 N–H and O–H groups in total. The molecule has 0 bridgehead atoms. The van der Waals surface area contributed by atoms with Crippen molar-refractivity contribution in [2.75, 3.05) is 43.5 Å². The van der Waals surface area contributed by atoms with Crippen molar-refractivity contribution in [1.82, 2.24) is 19.1 Å². The van der Waals surface area contributed by atoms with E-state index in [2.05, 4.69) is 15.1 Å². The second-order valence-corrected chi connectivity index (χ2v) is 10.6. The molecule has 2 aliphatic heterocycles. The summed E-state index contributed by atoms with van der Waals surface area (Å²) < 4.78 is 34.5. The summed E-state index contributed by atoms with van der Waals surface area (Å²) in [5.74, 6) is 0.744. The first-order valence-corrected chi connectivity index (χ1v) is 13.1. The van der Waals surface area contributed by atoms with Crippen LogP contribution in [0.3, 0.4) is 0 Å². The number of aromatic nitrogens is 3. The van der Waals surface area contributed by atoms with E-state index in [1.54, 1.807) is 12.1 Å². The Balaban J connectivity index is 1.28. The van der Waals surface area contributed by atoms with E-state index >= 15 is 0 Å². The topological polar surface area (TPSA) is 97.6 Å². The summed E-state index contributed by atoms with van der Waals surface area (Å²) in [5.41, 5.74) is 1.42. The maximum atomic E-state index is 12.9. The molecule has 172 valence electrons. The maximum Gasteiger partial charge on any atom is 0.243 e. The van der Waals surface area contributed by atoms with Gasteiger partial charge in [-0.2, -0.15) is 4.31 Å². The van der Waals surface area contributed by atoms with Crippen LogP contribution in [0, 0.1) is 0 Å². The molecule has 1 fully saturated rings. The molecule has 0 radical (unpaired) electrons. The highest BCUT2D eigenvalue weighted by molar-refractivity contribution is 7.99. The Kier molecular flexibility index (Phi) is 6.19. The molecule has 1 aromatic heterocycles. The number of morpholine rings is 1. The highest BCUT2D eigenvalue weighted by Gasteiger charge is 2.28. The molecule has 2 aliphatic rings. The average Bonchev–Trinajstić information content (AvgIpc) is 3.46. The van der Waals surface area contributed by atoms with E-state index in [9.17, 15) is 13.2 Å². The van der Waals surface area contributed by atoms with Crippen molar-refractivity contribution < 1.29 is 17.9 Å². The van der Waals surface area contributed by atoms with Gasteiger partial charge < -0.3 is 9.64 Å². The number of hydrogen-bond acceptors (Lipinski definition) is 8. The van der Waals surface area contributed by atoms with E-state index in [1.165, 1.54) is 28.2 Å². The molecule has 1 saturated heterocycles. The molecule has 0 amide bonds. The number of benzene rings is 2. The molecule has 3 aromatic rings. The fourth-order valence-corrected chi connectivity index (χ4v) is 6.22. The van der Waals surface area contributed by atoms with Gasteiger partial charge in [0.1, 0.15) is 0 Å². The number of nitrogens with zero attached hydrogens (tertiary/aromatic N) is 5. The van der Waals surface area contributed by atoms with Crippen LogP contribution < -0.4 is 4.90 Å². The molecule has 33 heavy (non-hydrogen) atoms. The molecule has 0 unspecified atom stereocenters. The van der Waals surface area contributed by atoms with Gasteiger partial charge in [0, 0.05) is 37.4 Å². The summed E-state index contributed by atoms with van der Waals surface area (Å²) in [6, 6.07) is 16.2. The largest absolute Gasteiger partial charge is 0.379 e. The summed E-state index contributed by atoms with van der Waals surface area (Å²) in [6.07, 6.45) is 0. The van der Waals surface area contributed by atoms with E-state index in [0.717, 1.165) is 24.7 Å². The summed E-state index contributed by atoms with van der Waals surface area (Å²) in [4.78, 5) is 15.1. The Labute approximate surface area is 196 Å². The Morgan fingerprint density at radius 1 is 0.970 bits per heavy atom. The summed E-state index contributed by atoms with van der Waals surface area (Å²) in [7, 11) is -3.65. The normalized spacial score (nSPS) is 16.7. The Morgan fingerprint density at radius 3 is 2.55 bits per heavy atom. The number of thioether (sulfide) groups is 1. The molecule has 2 aromatic carbocycles. The van der Waals surface area contributed by atoms with E-state index in [-0.39, 0.29) is 16.4 Å². The van der Waals surface area contributed by atoms with Crippen LogP contribution in [0.5, 0.6) is 0 Å². The summed E-state index contributed by atoms with van der Waals surface area (Å²) >= 11 is 1.31. The van der Waals surface area contributed by atoms with Crippen molar-refractivity contribution >= 4 is 39.2 Å². The molecule has 5 rings (SSSR count). The monoisotopic (exact) mass is 485 g/mol. The zero-order chi connectivity index (χ0) is 22.8. The van der Waals surface area contributed by atoms with Gasteiger partial charge in [0.05, 0.1) is 23.9 Å². The van der Waals surface area contributed by atoms with Crippen molar-refractivity contribution in [3.05, 3.63) is 60.2 Å². The summed E-state index contributed by atoms with van der Waals surface area (Å²) in [6.45, 7) is 2.90. The van der Waals surface area contributed by atoms with Crippen molar-refractivity contribution in [1.29, 1.82) is 0 Å². The van der Waals surface area contributed by atoms with Gasteiger partial charge in [-0.1, -0.05) is 42.1 Å². The number of rotatable bonds is 7. The number of carbonyl (C=O) groups is 1. The lowest BCUT2D eigenvalue weighted by atomic mass is 10.1. The number of ketones is 1. The number of fused-ring (bicyclic) bond motifs is 1. The van der Waals surface area contributed by atoms with Gasteiger partial charge in [-0.25, -0.2) is 8.42 Å². The van der Waals surface area contributed by atoms with Gasteiger partial charge in [0.2, 0.25) is 16.0 Å². The van der Waals surface area contributed by atoms with E-state index in [1.807, 2.05) is 34.9 Å². The maximum absolute atomic E-state index is 12.9. The third kappa shape index (κ3) is 4.41. The molecule has 0 saturated carbocycles. The SMILES string of the molecule is O=C(CSc1nnc2n1CCN2c1ccccc1)c1cccc(S(=O)(=O)N2CCOCC2)c1. The third-order valence-electron chi connectivity index (χ3n) is 5.65. The molecule has 0 spiro atoms. The Bertz CT molecular complexity index is 1260. The second kappa shape index (κ2) is 9.26. The first kappa shape index (κ1) is 22.1. The van der Waals surface area contributed by atoms with Gasteiger partial charge in [-0.05, 0) is 24.3 Å². The number of ether oxygens (including phenoxy) is 1. The van der Waals surface area contributed by atoms with Crippen molar-refractivity contribution in [2.24, 2.45) is 0 Å². The van der Waals surface area contributed by atoms with Crippen LogP contribution in [0.25, 0.3) is 0 Å². The highest BCUT2D eigenvalue weighted by Crippen LogP contribution is 2.32. The molecular formula is C22H23N5O4S2. The molecule has 0 atom stereocenters. The fourth-order valence-electron chi connectivity index (χ4n) is 3.92. The van der Waals surface area contributed by atoms with E-state index in [0.29, 0.717) is 37.0 Å². The third-order valence-corrected chi connectivity index (χ3v) is 8.51. The van der Waals surface area contributed by atoms with Crippen LogP contribution in [-0.4, -0.2) is 71.9 Å².